The van der Waals surface area contributed by atoms with Crippen molar-refractivity contribution < 1.29 is 4.74 Å². The Morgan fingerprint density at radius 2 is 2.29 bits per heavy atom. The number of nitrogens with two attached hydrogens (primary N) is 1. The highest BCUT2D eigenvalue weighted by Gasteiger charge is 2.18. The number of nitriles is 1. The van der Waals surface area contributed by atoms with Gasteiger partial charge in [-0.2, -0.15) is 5.26 Å². The Kier molecular flexibility index (Phi) is 4.00. The van der Waals surface area contributed by atoms with Crippen LogP contribution in [0.3, 0.4) is 0 Å². The first-order valence-electron chi connectivity index (χ1n) is 6.19. The zero-order valence-electron chi connectivity index (χ0n) is 9.98. The van der Waals surface area contributed by atoms with E-state index in [1.807, 2.05) is 6.07 Å². The Balaban J connectivity index is 1.85. The molecule has 0 saturated heterocycles. The van der Waals surface area contributed by atoms with Crippen molar-refractivity contribution in [2.24, 2.45) is 5.73 Å². The van der Waals surface area contributed by atoms with Gasteiger partial charge in [-0.3, -0.25) is 0 Å². The Hall–Kier alpha value is -1.53. The summed E-state index contributed by atoms with van der Waals surface area (Å²) < 4.78 is 5.66. The Morgan fingerprint density at radius 1 is 1.41 bits per heavy atom. The van der Waals surface area contributed by atoms with E-state index in [2.05, 4.69) is 18.2 Å². The fourth-order valence-electron chi connectivity index (χ4n) is 2.21. The molecule has 1 atom stereocenters. The van der Waals surface area contributed by atoms with Crippen LogP contribution in [-0.4, -0.2) is 6.61 Å². The van der Waals surface area contributed by atoms with Gasteiger partial charge in [-0.15, -0.1) is 0 Å². The number of hydrogen-bond donors (Lipinski definition) is 1. The number of unbranched alkanes of at least 4 members (excludes halogenated alkanes) is 2. The summed E-state index contributed by atoms with van der Waals surface area (Å²) in [6.45, 7) is 0.687. The molecule has 1 aliphatic carbocycles. The highest BCUT2D eigenvalue weighted by molar-refractivity contribution is 5.40. The second kappa shape index (κ2) is 5.70. The van der Waals surface area contributed by atoms with E-state index >= 15 is 0 Å². The summed E-state index contributed by atoms with van der Waals surface area (Å²) >= 11 is 0. The van der Waals surface area contributed by atoms with Gasteiger partial charge in [-0.05, 0) is 48.9 Å². The van der Waals surface area contributed by atoms with Gasteiger partial charge >= 0.3 is 0 Å². The van der Waals surface area contributed by atoms with Crippen LogP contribution in [0.4, 0.5) is 0 Å². The molecule has 0 fully saturated rings. The monoisotopic (exact) mass is 230 g/mol. The molecule has 0 spiro atoms. The number of aryl methyl sites for hydroxylation is 1. The van der Waals surface area contributed by atoms with E-state index < -0.39 is 0 Å². The highest BCUT2D eigenvalue weighted by atomic mass is 16.5. The Bertz CT molecular complexity index is 423. The van der Waals surface area contributed by atoms with Crippen molar-refractivity contribution in [3.63, 3.8) is 0 Å². The lowest BCUT2D eigenvalue weighted by atomic mass is 10.1. The van der Waals surface area contributed by atoms with Crippen LogP contribution in [0.15, 0.2) is 18.2 Å². The molecular formula is C14H18N2O. The van der Waals surface area contributed by atoms with Gasteiger partial charge in [-0.1, -0.05) is 6.07 Å². The third-order valence-electron chi connectivity index (χ3n) is 3.19. The van der Waals surface area contributed by atoms with Gasteiger partial charge in [0.2, 0.25) is 0 Å². The molecule has 3 heteroatoms. The molecule has 0 bridgehead atoms. The summed E-state index contributed by atoms with van der Waals surface area (Å²) in [4.78, 5) is 0. The van der Waals surface area contributed by atoms with Crippen molar-refractivity contribution in [1.29, 1.82) is 5.26 Å². The summed E-state index contributed by atoms with van der Waals surface area (Å²) in [5, 5.41) is 8.41. The molecule has 17 heavy (non-hydrogen) atoms. The second-order valence-corrected chi connectivity index (χ2v) is 4.47. The van der Waals surface area contributed by atoms with E-state index in [-0.39, 0.29) is 6.04 Å². The lowest BCUT2D eigenvalue weighted by Crippen LogP contribution is -2.05. The summed E-state index contributed by atoms with van der Waals surface area (Å²) in [5.74, 6) is 0.926. The van der Waals surface area contributed by atoms with Crippen LogP contribution >= 0.6 is 0 Å². The minimum absolute atomic E-state index is 0.203. The van der Waals surface area contributed by atoms with Crippen molar-refractivity contribution in [2.45, 2.75) is 38.1 Å². The molecular weight excluding hydrogens is 212 g/mol. The van der Waals surface area contributed by atoms with E-state index in [0.29, 0.717) is 13.0 Å². The van der Waals surface area contributed by atoms with Crippen LogP contribution in [-0.2, 0) is 6.42 Å². The summed E-state index contributed by atoms with van der Waals surface area (Å²) in [5.41, 5.74) is 8.57. The van der Waals surface area contributed by atoms with Crippen LogP contribution in [0.1, 0.15) is 42.9 Å². The molecule has 3 nitrogen and oxygen atoms in total. The van der Waals surface area contributed by atoms with Gasteiger partial charge < -0.3 is 10.5 Å². The first kappa shape index (κ1) is 11.9. The number of hydrogen-bond acceptors (Lipinski definition) is 3. The minimum atomic E-state index is 0.203. The standard InChI is InChI=1S/C14H18N2O/c15-8-2-1-3-9-17-12-5-6-13-11(10-12)4-7-14(13)16/h5-6,10,14H,1-4,7,9,16H2. The molecule has 0 heterocycles. The quantitative estimate of drug-likeness (QED) is 0.791. The van der Waals surface area contributed by atoms with Gasteiger partial charge in [0.25, 0.3) is 0 Å². The molecule has 90 valence electrons. The van der Waals surface area contributed by atoms with E-state index in [1.54, 1.807) is 0 Å². The lowest BCUT2D eigenvalue weighted by Gasteiger charge is -2.08. The van der Waals surface area contributed by atoms with Crippen LogP contribution in [0, 0.1) is 11.3 Å². The van der Waals surface area contributed by atoms with Gasteiger partial charge in [0.1, 0.15) is 5.75 Å². The molecule has 0 amide bonds. The van der Waals surface area contributed by atoms with E-state index in [9.17, 15) is 0 Å². The largest absolute Gasteiger partial charge is 0.494 e. The second-order valence-electron chi connectivity index (χ2n) is 4.47. The normalized spacial score (nSPS) is 17.5. The van der Waals surface area contributed by atoms with Crippen molar-refractivity contribution in [3.8, 4) is 11.8 Å². The molecule has 1 aromatic carbocycles. The van der Waals surface area contributed by atoms with Gasteiger partial charge in [0.05, 0.1) is 12.7 Å². The number of ether oxygens (including phenoxy) is 1. The number of benzene rings is 1. The van der Waals surface area contributed by atoms with Gasteiger partial charge in [0, 0.05) is 12.5 Å². The first-order valence-corrected chi connectivity index (χ1v) is 6.19. The third kappa shape index (κ3) is 2.98. The number of fused-ring (bicyclic) bond motifs is 1. The first-order chi connectivity index (χ1) is 8.31. The van der Waals surface area contributed by atoms with Crippen molar-refractivity contribution >= 4 is 0 Å². The molecule has 0 saturated carbocycles. The summed E-state index contributed by atoms with van der Waals surface area (Å²) in [7, 11) is 0. The zero-order chi connectivity index (χ0) is 12.1. The Morgan fingerprint density at radius 3 is 3.12 bits per heavy atom. The predicted octanol–water partition coefficient (Wildman–Crippen LogP) is 2.71. The van der Waals surface area contributed by atoms with E-state index in [1.165, 1.54) is 11.1 Å². The molecule has 0 radical (unpaired) electrons. The average Bonchev–Trinajstić information content (AvgIpc) is 2.71. The third-order valence-corrected chi connectivity index (χ3v) is 3.19. The maximum absolute atomic E-state index is 8.41. The zero-order valence-corrected chi connectivity index (χ0v) is 9.98. The lowest BCUT2D eigenvalue weighted by molar-refractivity contribution is 0.307. The van der Waals surface area contributed by atoms with Crippen LogP contribution in [0.5, 0.6) is 5.75 Å². The van der Waals surface area contributed by atoms with Crippen molar-refractivity contribution in [3.05, 3.63) is 29.3 Å². The summed E-state index contributed by atoms with van der Waals surface area (Å²) in [6, 6.07) is 8.52. The van der Waals surface area contributed by atoms with E-state index in [4.69, 9.17) is 15.7 Å². The fourth-order valence-corrected chi connectivity index (χ4v) is 2.21. The molecule has 1 aromatic rings. The number of nitrogens with zero attached hydrogens (tertiary/aromatic N) is 1. The fraction of sp³-hybridized carbons (Fsp3) is 0.500. The minimum Gasteiger partial charge on any atom is -0.494 e. The SMILES string of the molecule is N#CCCCCOc1ccc2c(c1)CCC2N. The molecule has 2 N–H and O–H groups in total. The van der Waals surface area contributed by atoms with Gasteiger partial charge in [0.15, 0.2) is 0 Å². The smallest absolute Gasteiger partial charge is 0.119 e. The van der Waals surface area contributed by atoms with Crippen molar-refractivity contribution in [1.82, 2.24) is 0 Å². The predicted molar refractivity (Wildman–Crippen MR) is 66.7 cm³/mol. The topological polar surface area (TPSA) is 59.0 Å². The summed E-state index contributed by atoms with van der Waals surface area (Å²) in [6.07, 6.45) is 4.56. The maximum atomic E-state index is 8.41. The van der Waals surface area contributed by atoms with Gasteiger partial charge in [-0.25, -0.2) is 0 Å². The molecule has 0 aliphatic heterocycles. The van der Waals surface area contributed by atoms with Crippen LogP contribution in [0.25, 0.3) is 0 Å². The highest BCUT2D eigenvalue weighted by Crippen LogP contribution is 2.31. The molecule has 2 rings (SSSR count). The molecule has 0 aromatic heterocycles. The maximum Gasteiger partial charge on any atom is 0.119 e. The molecule has 1 unspecified atom stereocenters. The van der Waals surface area contributed by atoms with Crippen LogP contribution in [0.2, 0.25) is 0 Å². The number of rotatable bonds is 5. The van der Waals surface area contributed by atoms with Crippen LogP contribution < -0.4 is 10.5 Å². The van der Waals surface area contributed by atoms with Crippen molar-refractivity contribution in [2.75, 3.05) is 6.61 Å². The Labute approximate surface area is 102 Å². The molecule has 1 aliphatic rings. The van der Waals surface area contributed by atoms with E-state index in [0.717, 1.165) is 31.4 Å². The average molecular weight is 230 g/mol.